The molecule has 21 heavy (non-hydrogen) atoms. The van der Waals surface area contributed by atoms with Crippen molar-refractivity contribution in [3.63, 3.8) is 0 Å². The molecule has 4 heteroatoms. The van der Waals surface area contributed by atoms with E-state index in [1.807, 2.05) is 24.3 Å². The van der Waals surface area contributed by atoms with Gasteiger partial charge in [-0.15, -0.1) is 0 Å². The Labute approximate surface area is 139 Å². The van der Waals surface area contributed by atoms with Gasteiger partial charge in [-0.1, -0.05) is 54.0 Å². The number of nitrogens with zero attached hydrogens (tertiary/aromatic N) is 1. The van der Waals surface area contributed by atoms with Gasteiger partial charge in [0.25, 0.3) is 0 Å². The van der Waals surface area contributed by atoms with Crippen molar-refractivity contribution < 1.29 is 9.15 Å². The lowest BCUT2D eigenvalue weighted by atomic mass is 9.87. The quantitative estimate of drug-likeness (QED) is 0.517. The highest BCUT2D eigenvalue weighted by Crippen LogP contribution is 2.38. The average molecular weight is 397 g/mol. The molecular formula is C17H20INO2. The number of rotatable bonds is 4. The normalized spacial score (nSPS) is 16.1. The molecule has 3 nitrogen and oxygen atoms in total. The zero-order valence-corrected chi connectivity index (χ0v) is 14.4. The Balaban J connectivity index is 1.98. The van der Waals surface area contributed by atoms with Crippen LogP contribution in [0.2, 0.25) is 0 Å². The molecule has 0 saturated heterocycles. The predicted molar refractivity (Wildman–Crippen MR) is 92.0 cm³/mol. The molecule has 0 radical (unpaired) electrons. The van der Waals surface area contributed by atoms with Crippen LogP contribution in [0.5, 0.6) is 5.75 Å². The highest BCUT2D eigenvalue weighted by molar-refractivity contribution is 14.1. The molecule has 1 heterocycles. The van der Waals surface area contributed by atoms with Gasteiger partial charge in [-0.3, -0.25) is 0 Å². The van der Waals surface area contributed by atoms with E-state index in [2.05, 4.69) is 22.6 Å². The average Bonchev–Trinajstić information content (AvgIpc) is 2.99. The Morgan fingerprint density at radius 1 is 1.24 bits per heavy atom. The minimum atomic E-state index is 0.541. The summed E-state index contributed by atoms with van der Waals surface area (Å²) in [6.45, 7) is 0. The molecule has 0 atom stereocenters. The Morgan fingerprint density at radius 2 is 2.00 bits per heavy atom. The molecule has 1 aromatic heterocycles. The van der Waals surface area contributed by atoms with E-state index >= 15 is 0 Å². The van der Waals surface area contributed by atoms with Crippen molar-refractivity contribution in [1.82, 2.24) is 4.98 Å². The molecule has 1 saturated carbocycles. The number of oxazole rings is 1. The van der Waals surface area contributed by atoms with E-state index in [1.54, 1.807) is 7.11 Å². The van der Waals surface area contributed by atoms with Crippen LogP contribution in [0.3, 0.4) is 0 Å². The van der Waals surface area contributed by atoms with Crippen molar-refractivity contribution in [2.45, 2.75) is 42.4 Å². The maximum atomic E-state index is 6.18. The SMILES string of the molecule is COc1ccccc1-c1nc(CI)c(C2CCCCC2)o1. The fraction of sp³-hybridized carbons (Fsp3) is 0.471. The summed E-state index contributed by atoms with van der Waals surface area (Å²) in [6, 6.07) is 7.91. The van der Waals surface area contributed by atoms with Crippen LogP contribution >= 0.6 is 22.6 Å². The number of hydrogen-bond donors (Lipinski definition) is 0. The molecule has 1 aromatic carbocycles. The lowest BCUT2D eigenvalue weighted by Crippen LogP contribution is -2.05. The van der Waals surface area contributed by atoms with Gasteiger partial charge in [0.1, 0.15) is 11.5 Å². The number of halogens is 1. The van der Waals surface area contributed by atoms with Gasteiger partial charge in [0, 0.05) is 10.3 Å². The van der Waals surface area contributed by atoms with Gasteiger partial charge >= 0.3 is 0 Å². The molecule has 0 N–H and O–H groups in total. The molecule has 1 aliphatic carbocycles. The van der Waals surface area contributed by atoms with E-state index < -0.39 is 0 Å². The summed E-state index contributed by atoms with van der Waals surface area (Å²) in [4.78, 5) is 4.73. The highest BCUT2D eigenvalue weighted by atomic mass is 127. The molecule has 3 rings (SSSR count). The van der Waals surface area contributed by atoms with Crippen molar-refractivity contribution in [2.24, 2.45) is 0 Å². The first kappa shape index (κ1) is 14.9. The summed E-state index contributed by atoms with van der Waals surface area (Å²) in [7, 11) is 1.68. The van der Waals surface area contributed by atoms with Gasteiger partial charge in [-0.05, 0) is 25.0 Å². The Hall–Kier alpha value is -1.04. The van der Waals surface area contributed by atoms with Gasteiger partial charge in [0.2, 0.25) is 5.89 Å². The zero-order chi connectivity index (χ0) is 14.7. The largest absolute Gasteiger partial charge is 0.496 e. The molecule has 0 amide bonds. The van der Waals surface area contributed by atoms with Crippen LogP contribution in [0.1, 0.15) is 49.5 Å². The second kappa shape index (κ2) is 6.81. The van der Waals surface area contributed by atoms with Crippen molar-refractivity contribution in [3.05, 3.63) is 35.7 Å². The monoisotopic (exact) mass is 397 g/mol. The number of ether oxygens (including phenoxy) is 1. The molecular weight excluding hydrogens is 377 g/mol. The van der Waals surface area contributed by atoms with Gasteiger partial charge in [0.15, 0.2) is 0 Å². The second-order valence-electron chi connectivity index (χ2n) is 5.50. The number of hydrogen-bond acceptors (Lipinski definition) is 3. The molecule has 1 fully saturated rings. The Kier molecular flexibility index (Phi) is 4.83. The second-order valence-corrected chi connectivity index (χ2v) is 6.26. The van der Waals surface area contributed by atoms with E-state index in [4.69, 9.17) is 14.1 Å². The van der Waals surface area contributed by atoms with Crippen molar-refractivity contribution in [2.75, 3.05) is 7.11 Å². The maximum absolute atomic E-state index is 6.18. The van der Waals surface area contributed by atoms with Crippen LogP contribution in [0.25, 0.3) is 11.5 Å². The molecule has 0 aliphatic heterocycles. The summed E-state index contributed by atoms with van der Waals surface area (Å²) < 4.78 is 12.5. The standard InChI is InChI=1S/C17H20INO2/c1-20-15-10-6-5-9-13(15)17-19-14(11-18)16(21-17)12-7-3-2-4-8-12/h5-6,9-10,12H,2-4,7-8,11H2,1H3. The van der Waals surface area contributed by atoms with Gasteiger partial charge < -0.3 is 9.15 Å². The summed E-state index contributed by atoms with van der Waals surface area (Å²) in [6.07, 6.45) is 6.41. The van der Waals surface area contributed by atoms with E-state index in [-0.39, 0.29) is 0 Å². The number of aromatic nitrogens is 1. The van der Waals surface area contributed by atoms with Gasteiger partial charge in [-0.2, -0.15) is 0 Å². The molecule has 0 unspecified atom stereocenters. The van der Waals surface area contributed by atoms with Crippen LogP contribution < -0.4 is 4.74 Å². The van der Waals surface area contributed by atoms with Crippen molar-refractivity contribution in [1.29, 1.82) is 0 Å². The Morgan fingerprint density at radius 3 is 2.71 bits per heavy atom. The fourth-order valence-corrected chi connectivity index (χ4v) is 3.63. The summed E-state index contributed by atoms with van der Waals surface area (Å²) >= 11 is 2.37. The van der Waals surface area contributed by atoms with Crippen LogP contribution in [-0.2, 0) is 4.43 Å². The van der Waals surface area contributed by atoms with Gasteiger partial charge in [0.05, 0.1) is 18.4 Å². The first-order valence-electron chi connectivity index (χ1n) is 7.52. The summed E-state index contributed by atoms with van der Waals surface area (Å²) in [5.41, 5.74) is 2.04. The van der Waals surface area contributed by atoms with E-state index in [0.29, 0.717) is 11.8 Å². The summed E-state index contributed by atoms with van der Waals surface area (Å²) in [5, 5.41) is 0. The van der Waals surface area contributed by atoms with E-state index in [9.17, 15) is 0 Å². The predicted octanol–water partition coefficient (Wildman–Crippen LogP) is 5.33. The van der Waals surface area contributed by atoms with Crippen LogP contribution in [-0.4, -0.2) is 12.1 Å². The topological polar surface area (TPSA) is 35.3 Å². The molecule has 112 valence electrons. The van der Waals surface area contributed by atoms with Crippen molar-refractivity contribution in [3.8, 4) is 17.2 Å². The lowest BCUT2D eigenvalue weighted by Gasteiger charge is -2.19. The first-order chi connectivity index (χ1) is 10.3. The number of para-hydroxylation sites is 1. The zero-order valence-electron chi connectivity index (χ0n) is 12.3. The van der Waals surface area contributed by atoms with Gasteiger partial charge in [-0.25, -0.2) is 4.98 Å². The maximum Gasteiger partial charge on any atom is 0.230 e. The van der Waals surface area contributed by atoms with Crippen LogP contribution in [0.15, 0.2) is 28.7 Å². The minimum Gasteiger partial charge on any atom is -0.496 e. The number of benzene rings is 1. The minimum absolute atomic E-state index is 0.541. The molecule has 0 bridgehead atoms. The first-order valence-corrected chi connectivity index (χ1v) is 9.05. The number of alkyl halides is 1. The molecule has 2 aromatic rings. The third kappa shape index (κ3) is 3.10. The molecule has 0 spiro atoms. The van der Waals surface area contributed by atoms with E-state index in [0.717, 1.165) is 27.2 Å². The highest BCUT2D eigenvalue weighted by Gasteiger charge is 2.25. The Bertz CT molecular complexity index is 603. The van der Waals surface area contributed by atoms with Crippen molar-refractivity contribution >= 4 is 22.6 Å². The van der Waals surface area contributed by atoms with Crippen LogP contribution in [0.4, 0.5) is 0 Å². The number of methoxy groups -OCH3 is 1. The smallest absolute Gasteiger partial charge is 0.230 e. The lowest BCUT2D eigenvalue weighted by molar-refractivity contribution is 0.374. The third-order valence-electron chi connectivity index (χ3n) is 4.17. The summed E-state index contributed by atoms with van der Waals surface area (Å²) in [5.74, 6) is 3.15. The fourth-order valence-electron chi connectivity index (χ4n) is 3.08. The third-order valence-corrected chi connectivity index (χ3v) is 4.89. The van der Waals surface area contributed by atoms with Crippen LogP contribution in [0, 0.1) is 0 Å². The molecule has 1 aliphatic rings. The van der Waals surface area contributed by atoms with E-state index in [1.165, 1.54) is 32.1 Å².